The van der Waals surface area contributed by atoms with Crippen LogP contribution in [0.4, 0.5) is 0 Å². The number of ether oxygens (including phenoxy) is 1. The zero-order valence-electron chi connectivity index (χ0n) is 12.5. The van der Waals surface area contributed by atoms with Gasteiger partial charge in [0.15, 0.2) is 0 Å². The van der Waals surface area contributed by atoms with E-state index in [1.165, 1.54) is 6.42 Å². The second kappa shape index (κ2) is 5.60. The van der Waals surface area contributed by atoms with Crippen molar-refractivity contribution in [3.05, 3.63) is 0 Å². The van der Waals surface area contributed by atoms with E-state index in [2.05, 4.69) is 20.8 Å². The van der Waals surface area contributed by atoms with Crippen molar-refractivity contribution < 1.29 is 14.6 Å². The molecule has 0 amide bonds. The highest BCUT2D eigenvalue weighted by Gasteiger charge is 2.33. The Morgan fingerprint density at radius 1 is 1.39 bits per heavy atom. The van der Waals surface area contributed by atoms with Crippen molar-refractivity contribution in [2.45, 2.75) is 66.4 Å². The average Bonchev–Trinajstić information content (AvgIpc) is 2.13. The number of carbonyl (C=O) groups is 1. The van der Waals surface area contributed by atoms with Crippen LogP contribution in [0.25, 0.3) is 0 Å². The number of rotatable bonds is 5. The van der Waals surface area contributed by atoms with Crippen LogP contribution in [0.3, 0.4) is 0 Å². The summed E-state index contributed by atoms with van der Waals surface area (Å²) in [4.78, 5) is 11.0. The SMILES string of the molecule is CC1CC(OCCC(C)(C)C(=O)O)CC(C)(C)C1. The molecule has 1 aliphatic carbocycles. The van der Waals surface area contributed by atoms with E-state index in [0.717, 1.165) is 12.8 Å². The van der Waals surface area contributed by atoms with Gasteiger partial charge in [0, 0.05) is 6.61 Å². The topological polar surface area (TPSA) is 46.5 Å². The molecule has 0 saturated heterocycles. The van der Waals surface area contributed by atoms with Crippen molar-refractivity contribution in [1.82, 2.24) is 0 Å². The maximum absolute atomic E-state index is 11.0. The maximum atomic E-state index is 11.0. The molecule has 0 bridgehead atoms. The molecule has 0 aliphatic heterocycles. The van der Waals surface area contributed by atoms with Crippen molar-refractivity contribution in [3.63, 3.8) is 0 Å². The van der Waals surface area contributed by atoms with E-state index in [1.54, 1.807) is 13.8 Å². The molecular weight excluding hydrogens is 228 g/mol. The van der Waals surface area contributed by atoms with Crippen molar-refractivity contribution in [2.24, 2.45) is 16.7 Å². The van der Waals surface area contributed by atoms with Crippen LogP contribution in [0.15, 0.2) is 0 Å². The lowest BCUT2D eigenvalue weighted by Crippen LogP contribution is -2.34. The lowest BCUT2D eigenvalue weighted by molar-refractivity contribution is -0.148. The molecule has 1 rings (SSSR count). The summed E-state index contributed by atoms with van der Waals surface area (Å²) >= 11 is 0. The Labute approximate surface area is 111 Å². The predicted octanol–water partition coefficient (Wildman–Crippen LogP) is 3.72. The molecule has 3 heteroatoms. The van der Waals surface area contributed by atoms with Gasteiger partial charge in [-0.2, -0.15) is 0 Å². The first-order valence-corrected chi connectivity index (χ1v) is 6.97. The Morgan fingerprint density at radius 3 is 2.50 bits per heavy atom. The quantitative estimate of drug-likeness (QED) is 0.815. The summed E-state index contributed by atoms with van der Waals surface area (Å²) in [6.45, 7) is 10.9. The van der Waals surface area contributed by atoms with Gasteiger partial charge < -0.3 is 9.84 Å². The van der Waals surface area contributed by atoms with Crippen molar-refractivity contribution in [1.29, 1.82) is 0 Å². The summed E-state index contributed by atoms with van der Waals surface area (Å²) in [7, 11) is 0. The van der Waals surface area contributed by atoms with Crippen molar-refractivity contribution in [2.75, 3.05) is 6.61 Å². The molecule has 0 spiro atoms. The third kappa shape index (κ3) is 4.60. The van der Waals surface area contributed by atoms with Gasteiger partial charge in [-0.05, 0) is 50.9 Å². The monoisotopic (exact) mass is 256 g/mol. The molecule has 0 aromatic rings. The first kappa shape index (κ1) is 15.5. The molecule has 2 atom stereocenters. The first-order valence-electron chi connectivity index (χ1n) is 6.97. The summed E-state index contributed by atoms with van der Waals surface area (Å²) in [6.07, 6.45) is 4.33. The molecule has 0 aromatic carbocycles. The smallest absolute Gasteiger partial charge is 0.309 e. The zero-order chi connectivity index (χ0) is 14.0. The van der Waals surface area contributed by atoms with Gasteiger partial charge in [0.2, 0.25) is 0 Å². The van der Waals surface area contributed by atoms with Gasteiger partial charge in [-0.15, -0.1) is 0 Å². The van der Waals surface area contributed by atoms with Crippen LogP contribution in [-0.2, 0) is 9.53 Å². The minimum absolute atomic E-state index is 0.299. The molecule has 0 heterocycles. The molecule has 1 N–H and O–H groups in total. The van der Waals surface area contributed by atoms with Gasteiger partial charge in [0.1, 0.15) is 0 Å². The van der Waals surface area contributed by atoms with Crippen LogP contribution < -0.4 is 0 Å². The maximum Gasteiger partial charge on any atom is 0.309 e. The van der Waals surface area contributed by atoms with E-state index in [4.69, 9.17) is 9.84 Å². The van der Waals surface area contributed by atoms with E-state index >= 15 is 0 Å². The van der Waals surface area contributed by atoms with Crippen LogP contribution >= 0.6 is 0 Å². The highest BCUT2D eigenvalue weighted by Crippen LogP contribution is 2.39. The summed E-state index contributed by atoms with van der Waals surface area (Å²) in [5.74, 6) is -0.0466. The highest BCUT2D eigenvalue weighted by molar-refractivity contribution is 5.73. The number of carboxylic acid groups (broad SMARTS) is 1. The molecule has 0 aromatic heterocycles. The predicted molar refractivity (Wildman–Crippen MR) is 72.6 cm³/mol. The van der Waals surface area contributed by atoms with E-state index in [9.17, 15) is 4.79 Å². The molecule has 0 radical (unpaired) electrons. The van der Waals surface area contributed by atoms with Gasteiger partial charge in [-0.1, -0.05) is 20.8 Å². The Balaban J connectivity index is 2.38. The lowest BCUT2D eigenvalue weighted by Gasteiger charge is -2.39. The van der Waals surface area contributed by atoms with Gasteiger partial charge in [0.05, 0.1) is 11.5 Å². The third-order valence-corrected chi connectivity index (χ3v) is 4.01. The fourth-order valence-electron chi connectivity index (χ4n) is 2.97. The number of hydrogen-bond acceptors (Lipinski definition) is 2. The van der Waals surface area contributed by atoms with Crippen LogP contribution in [0.2, 0.25) is 0 Å². The fourth-order valence-corrected chi connectivity index (χ4v) is 2.97. The van der Waals surface area contributed by atoms with Crippen LogP contribution in [0.5, 0.6) is 0 Å². The molecule has 1 saturated carbocycles. The van der Waals surface area contributed by atoms with Crippen LogP contribution in [0.1, 0.15) is 60.3 Å². The summed E-state index contributed by atoms with van der Waals surface area (Å²) < 4.78 is 5.91. The standard InChI is InChI=1S/C15H28O3/c1-11-8-12(10-14(2,3)9-11)18-7-6-15(4,5)13(16)17/h11-12H,6-10H2,1-5H3,(H,16,17). The lowest BCUT2D eigenvalue weighted by atomic mass is 9.71. The van der Waals surface area contributed by atoms with E-state index < -0.39 is 11.4 Å². The molecule has 18 heavy (non-hydrogen) atoms. The number of aliphatic carboxylic acids is 1. The molecule has 106 valence electrons. The Morgan fingerprint density at radius 2 is 2.00 bits per heavy atom. The summed E-state index contributed by atoms with van der Waals surface area (Å²) in [5.41, 5.74) is -0.333. The molecule has 1 aliphatic rings. The van der Waals surface area contributed by atoms with Gasteiger partial charge in [-0.25, -0.2) is 0 Å². The van der Waals surface area contributed by atoms with E-state index in [-0.39, 0.29) is 0 Å². The minimum atomic E-state index is -0.747. The first-order chi connectivity index (χ1) is 8.12. The van der Waals surface area contributed by atoms with E-state index in [1.807, 2.05) is 0 Å². The van der Waals surface area contributed by atoms with Crippen LogP contribution in [-0.4, -0.2) is 23.8 Å². The zero-order valence-corrected chi connectivity index (χ0v) is 12.5. The van der Waals surface area contributed by atoms with Gasteiger partial charge in [-0.3, -0.25) is 4.79 Å². The fraction of sp³-hybridized carbons (Fsp3) is 0.933. The largest absolute Gasteiger partial charge is 0.481 e. The normalized spacial score (nSPS) is 28.1. The highest BCUT2D eigenvalue weighted by atomic mass is 16.5. The summed E-state index contributed by atoms with van der Waals surface area (Å²) in [6, 6.07) is 0. The molecular formula is C15H28O3. The van der Waals surface area contributed by atoms with Crippen molar-refractivity contribution in [3.8, 4) is 0 Å². The molecule has 3 nitrogen and oxygen atoms in total. The van der Waals surface area contributed by atoms with Crippen LogP contribution in [0, 0.1) is 16.7 Å². The Kier molecular flexibility index (Phi) is 4.82. The molecule has 2 unspecified atom stereocenters. The second-order valence-electron chi connectivity index (χ2n) is 7.35. The third-order valence-electron chi connectivity index (χ3n) is 4.01. The second-order valence-corrected chi connectivity index (χ2v) is 7.35. The van der Waals surface area contributed by atoms with Gasteiger partial charge >= 0.3 is 5.97 Å². The minimum Gasteiger partial charge on any atom is -0.481 e. The number of carboxylic acids is 1. The van der Waals surface area contributed by atoms with Crippen molar-refractivity contribution >= 4 is 5.97 Å². The van der Waals surface area contributed by atoms with E-state index in [0.29, 0.717) is 30.5 Å². The molecule has 1 fully saturated rings. The summed E-state index contributed by atoms with van der Waals surface area (Å²) in [5, 5.41) is 9.05. The number of hydrogen-bond donors (Lipinski definition) is 1. The Hall–Kier alpha value is -0.570. The van der Waals surface area contributed by atoms with Gasteiger partial charge in [0.25, 0.3) is 0 Å². The average molecular weight is 256 g/mol. The Bertz CT molecular complexity index is 294.